The first-order chi connectivity index (χ1) is 16.5. The number of nitrogens with two attached hydrogens (primary N) is 1. The number of hydrogen-bond acceptors (Lipinski definition) is 7. The standard InChI is InChI=1S/C23H18N6O5/c1-14-11-20(27-34-14)29(22(24)31)15-4-6-16(7-5-15)33-17-8-9-18-19(12-17)26-23(25-18)28(13-30)21-3-2-10-32-21/h2-13H,1H3,(H2,24,31)(H,25,26). The maximum atomic E-state index is 12.0. The van der Waals surface area contributed by atoms with Crippen LogP contribution in [-0.4, -0.2) is 27.6 Å². The van der Waals surface area contributed by atoms with Gasteiger partial charge in [-0.1, -0.05) is 5.16 Å². The summed E-state index contributed by atoms with van der Waals surface area (Å²) < 4.78 is 16.3. The van der Waals surface area contributed by atoms with E-state index in [1.807, 2.05) is 0 Å². The number of benzene rings is 2. The fraction of sp³-hybridized carbons (Fsp3) is 0.0435. The number of H-pyrrole nitrogens is 1. The zero-order valence-electron chi connectivity index (χ0n) is 17.8. The summed E-state index contributed by atoms with van der Waals surface area (Å²) in [5.41, 5.74) is 7.35. The van der Waals surface area contributed by atoms with Crippen molar-refractivity contribution in [2.45, 2.75) is 6.92 Å². The number of imidazole rings is 1. The summed E-state index contributed by atoms with van der Waals surface area (Å²) in [6, 6.07) is 16.3. The quantitative estimate of drug-likeness (QED) is 0.335. The number of aryl methyl sites for hydroxylation is 1. The van der Waals surface area contributed by atoms with E-state index in [1.54, 1.807) is 67.6 Å². The number of furan rings is 1. The number of aromatic amines is 1. The zero-order chi connectivity index (χ0) is 23.7. The van der Waals surface area contributed by atoms with Crippen LogP contribution in [0, 0.1) is 6.92 Å². The Balaban J connectivity index is 1.37. The minimum atomic E-state index is -0.693. The van der Waals surface area contributed by atoms with Crippen LogP contribution in [0.1, 0.15) is 5.76 Å². The molecule has 3 N–H and O–H groups in total. The van der Waals surface area contributed by atoms with Crippen LogP contribution in [0.2, 0.25) is 0 Å². The molecule has 11 nitrogen and oxygen atoms in total. The number of carbonyl (C=O) groups is 2. The number of carbonyl (C=O) groups excluding carboxylic acids is 2. The molecule has 3 amide bonds. The largest absolute Gasteiger partial charge is 0.457 e. The van der Waals surface area contributed by atoms with Crippen molar-refractivity contribution in [3.8, 4) is 11.5 Å². The van der Waals surface area contributed by atoms with Crippen molar-refractivity contribution in [2.75, 3.05) is 9.80 Å². The van der Waals surface area contributed by atoms with Crippen LogP contribution < -0.4 is 20.3 Å². The molecule has 0 atom stereocenters. The number of ether oxygens (including phenoxy) is 1. The van der Waals surface area contributed by atoms with Gasteiger partial charge >= 0.3 is 6.03 Å². The van der Waals surface area contributed by atoms with Gasteiger partial charge in [-0.25, -0.2) is 19.6 Å². The van der Waals surface area contributed by atoms with Gasteiger partial charge in [0.25, 0.3) is 0 Å². The highest BCUT2D eigenvalue weighted by atomic mass is 16.5. The Morgan fingerprint density at radius 3 is 2.56 bits per heavy atom. The van der Waals surface area contributed by atoms with Crippen LogP contribution in [0.4, 0.5) is 28.1 Å². The highest BCUT2D eigenvalue weighted by Gasteiger charge is 2.19. The third-order valence-electron chi connectivity index (χ3n) is 4.91. The predicted molar refractivity (Wildman–Crippen MR) is 122 cm³/mol. The maximum absolute atomic E-state index is 12.0. The van der Waals surface area contributed by atoms with Crippen molar-refractivity contribution < 1.29 is 23.3 Å². The minimum absolute atomic E-state index is 0.290. The van der Waals surface area contributed by atoms with Gasteiger partial charge in [-0.15, -0.1) is 0 Å². The van der Waals surface area contributed by atoms with Crippen molar-refractivity contribution in [1.82, 2.24) is 15.1 Å². The Morgan fingerprint density at radius 1 is 1.12 bits per heavy atom. The molecule has 3 aromatic heterocycles. The Hall–Kier alpha value is -5.06. The predicted octanol–water partition coefficient (Wildman–Crippen LogP) is 4.76. The molecule has 0 unspecified atom stereocenters. The number of fused-ring (bicyclic) bond motifs is 1. The highest BCUT2D eigenvalue weighted by Crippen LogP contribution is 2.31. The lowest BCUT2D eigenvalue weighted by atomic mass is 10.2. The molecule has 170 valence electrons. The molecular formula is C23H18N6O5. The van der Waals surface area contributed by atoms with Crippen molar-refractivity contribution in [3.05, 3.63) is 72.7 Å². The van der Waals surface area contributed by atoms with Gasteiger partial charge in [0.15, 0.2) is 5.82 Å². The van der Waals surface area contributed by atoms with Crippen molar-refractivity contribution in [3.63, 3.8) is 0 Å². The van der Waals surface area contributed by atoms with Crippen molar-refractivity contribution >= 4 is 46.8 Å². The molecule has 0 aliphatic heterocycles. The van der Waals surface area contributed by atoms with Crippen LogP contribution in [0.5, 0.6) is 11.5 Å². The SMILES string of the molecule is Cc1cc(N(C(N)=O)c2ccc(Oc3ccc4nc(N(C=O)c5ccco5)[nH]c4c3)cc2)no1. The van der Waals surface area contributed by atoms with E-state index in [0.29, 0.717) is 52.2 Å². The molecule has 0 fully saturated rings. The summed E-state index contributed by atoms with van der Waals surface area (Å²) in [7, 11) is 0. The van der Waals surface area contributed by atoms with E-state index in [-0.39, 0.29) is 5.82 Å². The number of nitrogens with one attached hydrogen (secondary N) is 1. The molecule has 3 heterocycles. The minimum Gasteiger partial charge on any atom is -0.457 e. The monoisotopic (exact) mass is 458 g/mol. The molecule has 11 heteroatoms. The number of nitrogens with zero attached hydrogens (tertiary/aromatic N) is 4. The third-order valence-corrected chi connectivity index (χ3v) is 4.91. The van der Waals surface area contributed by atoms with Gasteiger partial charge in [0, 0.05) is 18.2 Å². The second kappa shape index (κ2) is 8.47. The molecule has 0 bridgehead atoms. The van der Waals surface area contributed by atoms with Gasteiger partial charge in [0.1, 0.15) is 17.3 Å². The number of hydrogen-bond donors (Lipinski definition) is 2. The number of aromatic nitrogens is 3. The fourth-order valence-corrected chi connectivity index (χ4v) is 3.40. The van der Waals surface area contributed by atoms with E-state index in [0.717, 1.165) is 0 Å². The average Bonchev–Trinajstić information content (AvgIpc) is 3.57. The summed E-state index contributed by atoms with van der Waals surface area (Å²) in [6.07, 6.45) is 2.09. The second-order valence-electron chi connectivity index (χ2n) is 7.23. The molecule has 0 saturated carbocycles. The van der Waals surface area contributed by atoms with E-state index in [9.17, 15) is 9.59 Å². The van der Waals surface area contributed by atoms with Crippen LogP contribution in [0.3, 0.4) is 0 Å². The van der Waals surface area contributed by atoms with Crippen molar-refractivity contribution in [2.24, 2.45) is 5.73 Å². The summed E-state index contributed by atoms with van der Waals surface area (Å²) in [6.45, 7) is 1.72. The number of rotatable bonds is 7. The van der Waals surface area contributed by atoms with E-state index in [4.69, 9.17) is 19.4 Å². The fourth-order valence-electron chi connectivity index (χ4n) is 3.40. The van der Waals surface area contributed by atoms with E-state index in [2.05, 4.69) is 15.1 Å². The molecule has 34 heavy (non-hydrogen) atoms. The van der Waals surface area contributed by atoms with Crippen LogP contribution in [0.25, 0.3) is 11.0 Å². The van der Waals surface area contributed by atoms with Gasteiger partial charge in [0.05, 0.1) is 23.0 Å². The Bertz CT molecular complexity index is 1460. The number of anilines is 4. The molecule has 2 aromatic carbocycles. The summed E-state index contributed by atoms with van der Waals surface area (Å²) in [5.74, 6) is 2.59. The molecule has 0 radical (unpaired) electrons. The summed E-state index contributed by atoms with van der Waals surface area (Å²) >= 11 is 0. The van der Waals surface area contributed by atoms with Gasteiger partial charge < -0.3 is 24.4 Å². The zero-order valence-corrected chi connectivity index (χ0v) is 17.8. The Labute approximate surface area is 192 Å². The van der Waals surface area contributed by atoms with Crippen LogP contribution >= 0.6 is 0 Å². The van der Waals surface area contributed by atoms with Crippen molar-refractivity contribution in [1.29, 1.82) is 0 Å². The lowest BCUT2D eigenvalue weighted by molar-refractivity contribution is -0.107. The summed E-state index contributed by atoms with van der Waals surface area (Å²) in [5, 5.41) is 3.85. The third kappa shape index (κ3) is 3.93. The molecular weight excluding hydrogens is 440 g/mol. The van der Waals surface area contributed by atoms with Gasteiger partial charge in [-0.05, 0) is 49.4 Å². The van der Waals surface area contributed by atoms with E-state index < -0.39 is 6.03 Å². The lowest BCUT2D eigenvalue weighted by Crippen LogP contribution is -2.31. The Morgan fingerprint density at radius 2 is 1.91 bits per heavy atom. The van der Waals surface area contributed by atoms with Gasteiger partial charge in [-0.3, -0.25) is 4.79 Å². The molecule has 5 rings (SSSR count). The number of urea groups is 1. The molecule has 5 aromatic rings. The molecule has 0 aliphatic carbocycles. The number of primary amides is 1. The first kappa shape index (κ1) is 20.8. The lowest BCUT2D eigenvalue weighted by Gasteiger charge is -2.17. The second-order valence-corrected chi connectivity index (χ2v) is 7.23. The molecule has 0 aliphatic rings. The van der Waals surface area contributed by atoms with Gasteiger partial charge in [-0.2, -0.15) is 0 Å². The number of amides is 3. The Kier molecular flexibility index (Phi) is 5.18. The van der Waals surface area contributed by atoms with E-state index in [1.165, 1.54) is 16.1 Å². The van der Waals surface area contributed by atoms with Crippen LogP contribution in [0.15, 0.2) is 75.9 Å². The normalized spacial score (nSPS) is 10.9. The molecule has 0 spiro atoms. The highest BCUT2D eigenvalue weighted by molar-refractivity contribution is 5.97. The first-order valence-corrected chi connectivity index (χ1v) is 10.1. The van der Waals surface area contributed by atoms with Gasteiger partial charge in [0.2, 0.25) is 18.2 Å². The smallest absolute Gasteiger partial charge is 0.325 e. The maximum Gasteiger partial charge on any atom is 0.325 e. The average molecular weight is 458 g/mol. The first-order valence-electron chi connectivity index (χ1n) is 10.1. The summed E-state index contributed by atoms with van der Waals surface area (Å²) in [4.78, 5) is 33.5. The molecule has 0 saturated heterocycles. The van der Waals surface area contributed by atoms with Crippen LogP contribution in [-0.2, 0) is 4.79 Å². The topological polar surface area (TPSA) is 144 Å². The van der Waals surface area contributed by atoms with E-state index >= 15 is 0 Å².